The summed E-state index contributed by atoms with van der Waals surface area (Å²) >= 11 is 0. The molecule has 1 aliphatic heterocycles. The van der Waals surface area contributed by atoms with Gasteiger partial charge >= 0.3 is 6.03 Å². The number of urea groups is 1. The molecule has 5 nitrogen and oxygen atoms in total. The molecule has 0 bridgehead atoms. The Hall–Kier alpha value is -0.810. The van der Waals surface area contributed by atoms with Crippen LogP contribution in [0.2, 0.25) is 0 Å². The summed E-state index contributed by atoms with van der Waals surface area (Å²) < 4.78 is 5.64. The molecule has 1 saturated heterocycles. The average Bonchev–Trinajstić information content (AvgIpc) is 2.25. The number of hydrogen-bond donors (Lipinski definition) is 2. The summed E-state index contributed by atoms with van der Waals surface area (Å²) in [5.41, 5.74) is 0. The van der Waals surface area contributed by atoms with E-state index in [0.29, 0.717) is 19.3 Å². The van der Waals surface area contributed by atoms with E-state index in [4.69, 9.17) is 4.74 Å². The van der Waals surface area contributed by atoms with Crippen molar-refractivity contribution in [2.45, 2.75) is 18.9 Å². The number of amides is 2. The first-order chi connectivity index (χ1) is 7.20. The predicted molar refractivity (Wildman–Crippen MR) is 58.9 cm³/mol. The van der Waals surface area contributed by atoms with E-state index in [-0.39, 0.29) is 6.03 Å². The lowest BCUT2D eigenvalue weighted by atomic mass is 10.1. The normalized spacial score (nSPS) is 17.5. The first kappa shape index (κ1) is 12.3. The molecule has 2 N–H and O–H groups in total. The van der Waals surface area contributed by atoms with Gasteiger partial charge in [-0.1, -0.05) is 0 Å². The van der Waals surface area contributed by atoms with E-state index in [1.54, 1.807) is 14.1 Å². The number of carbonyl (C=O) groups excluding carboxylic acids is 1. The van der Waals surface area contributed by atoms with Crippen molar-refractivity contribution in [3.8, 4) is 0 Å². The van der Waals surface area contributed by atoms with Crippen molar-refractivity contribution in [2.24, 2.45) is 0 Å². The molecule has 88 valence electrons. The second-order valence-electron chi connectivity index (χ2n) is 3.95. The SMILES string of the molecule is CN(C)C(=O)NCCOC1CCNCC1. The number of piperidine rings is 1. The molecule has 1 aliphatic rings. The van der Waals surface area contributed by atoms with Gasteiger partial charge in [0, 0.05) is 20.6 Å². The van der Waals surface area contributed by atoms with Crippen LogP contribution in [0.5, 0.6) is 0 Å². The first-order valence-electron chi connectivity index (χ1n) is 5.47. The Morgan fingerprint density at radius 1 is 1.47 bits per heavy atom. The van der Waals surface area contributed by atoms with Gasteiger partial charge in [0.2, 0.25) is 0 Å². The minimum absolute atomic E-state index is 0.0658. The molecule has 0 aliphatic carbocycles. The van der Waals surface area contributed by atoms with Crippen LogP contribution in [0.3, 0.4) is 0 Å². The van der Waals surface area contributed by atoms with Gasteiger partial charge in [0.15, 0.2) is 0 Å². The highest BCUT2D eigenvalue weighted by Crippen LogP contribution is 2.06. The topological polar surface area (TPSA) is 53.6 Å². The average molecular weight is 215 g/mol. The van der Waals surface area contributed by atoms with E-state index >= 15 is 0 Å². The zero-order valence-electron chi connectivity index (χ0n) is 9.58. The van der Waals surface area contributed by atoms with Crippen LogP contribution in [0.4, 0.5) is 4.79 Å². The molecule has 0 aromatic carbocycles. The standard InChI is InChI=1S/C10H21N3O2/c1-13(2)10(14)12-7-8-15-9-3-5-11-6-4-9/h9,11H,3-8H2,1-2H3,(H,12,14). The summed E-state index contributed by atoms with van der Waals surface area (Å²) in [4.78, 5) is 12.7. The van der Waals surface area contributed by atoms with Gasteiger partial charge in [0.25, 0.3) is 0 Å². The molecule has 1 fully saturated rings. The van der Waals surface area contributed by atoms with Crippen molar-refractivity contribution in [1.82, 2.24) is 15.5 Å². The highest BCUT2D eigenvalue weighted by atomic mass is 16.5. The van der Waals surface area contributed by atoms with Crippen LogP contribution >= 0.6 is 0 Å². The third-order valence-corrected chi connectivity index (χ3v) is 2.42. The van der Waals surface area contributed by atoms with E-state index < -0.39 is 0 Å². The number of nitrogens with zero attached hydrogens (tertiary/aromatic N) is 1. The molecule has 0 saturated carbocycles. The number of carbonyl (C=O) groups is 1. The fraction of sp³-hybridized carbons (Fsp3) is 0.900. The van der Waals surface area contributed by atoms with Gasteiger partial charge in [-0.25, -0.2) is 4.79 Å². The molecule has 0 atom stereocenters. The number of ether oxygens (including phenoxy) is 1. The van der Waals surface area contributed by atoms with Crippen LogP contribution in [-0.4, -0.2) is 57.4 Å². The maximum Gasteiger partial charge on any atom is 0.316 e. The third kappa shape index (κ3) is 4.99. The van der Waals surface area contributed by atoms with Crippen molar-refractivity contribution in [2.75, 3.05) is 40.3 Å². The molecule has 2 amide bonds. The van der Waals surface area contributed by atoms with Gasteiger partial charge in [0.05, 0.1) is 12.7 Å². The van der Waals surface area contributed by atoms with Gasteiger partial charge in [-0.2, -0.15) is 0 Å². The summed E-state index contributed by atoms with van der Waals surface area (Å²) in [6.45, 7) is 3.26. The van der Waals surface area contributed by atoms with E-state index in [1.165, 1.54) is 4.90 Å². The van der Waals surface area contributed by atoms with Crippen LogP contribution in [0, 0.1) is 0 Å². The first-order valence-corrected chi connectivity index (χ1v) is 5.47. The zero-order chi connectivity index (χ0) is 11.1. The summed E-state index contributed by atoms with van der Waals surface area (Å²) in [5, 5.41) is 6.05. The Labute approximate surface area is 91.2 Å². The Balaban J connectivity index is 1.98. The van der Waals surface area contributed by atoms with Gasteiger partial charge in [-0.3, -0.25) is 0 Å². The molecule has 15 heavy (non-hydrogen) atoms. The van der Waals surface area contributed by atoms with Crippen molar-refractivity contribution in [3.63, 3.8) is 0 Å². The summed E-state index contributed by atoms with van der Waals surface area (Å²) in [5.74, 6) is 0. The van der Waals surface area contributed by atoms with Crippen LogP contribution in [0.1, 0.15) is 12.8 Å². The van der Waals surface area contributed by atoms with Crippen LogP contribution in [0.15, 0.2) is 0 Å². The fourth-order valence-corrected chi connectivity index (χ4v) is 1.50. The van der Waals surface area contributed by atoms with Crippen molar-refractivity contribution >= 4 is 6.03 Å². The Morgan fingerprint density at radius 2 is 2.13 bits per heavy atom. The summed E-state index contributed by atoms with van der Waals surface area (Å²) in [7, 11) is 3.45. The second kappa shape index (κ2) is 6.63. The highest BCUT2D eigenvalue weighted by Gasteiger charge is 2.12. The monoisotopic (exact) mass is 215 g/mol. The highest BCUT2D eigenvalue weighted by molar-refractivity contribution is 5.73. The molecule has 0 aromatic heterocycles. The maximum atomic E-state index is 11.1. The number of rotatable bonds is 4. The number of hydrogen-bond acceptors (Lipinski definition) is 3. The lowest BCUT2D eigenvalue weighted by molar-refractivity contribution is 0.0354. The number of nitrogens with one attached hydrogen (secondary N) is 2. The lowest BCUT2D eigenvalue weighted by Crippen LogP contribution is -2.38. The maximum absolute atomic E-state index is 11.1. The van der Waals surface area contributed by atoms with E-state index in [2.05, 4.69) is 10.6 Å². The summed E-state index contributed by atoms with van der Waals surface area (Å²) in [6, 6.07) is -0.0658. The van der Waals surface area contributed by atoms with Crippen molar-refractivity contribution in [3.05, 3.63) is 0 Å². The fourth-order valence-electron chi connectivity index (χ4n) is 1.50. The van der Waals surface area contributed by atoms with Crippen LogP contribution < -0.4 is 10.6 Å². The third-order valence-electron chi connectivity index (χ3n) is 2.42. The predicted octanol–water partition coefficient (Wildman–Crippen LogP) is 0.0262. The van der Waals surface area contributed by atoms with E-state index in [9.17, 15) is 4.79 Å². The smallest absolute Gasteiger partial charge is 0.316 e. The van der Waals surface area contributed by atoms with Gasteiger partial charge in [-0.15, -0.1) is 0 Å². The molecular weight excluding hydrogens is 194 g/mol. The lowest BCUT2D eigenvalue weighted by Gasteiger charge is -2.23. The minimum atomic E-state index is -0.0658. The van der Waals surface area contributed by atoms with Gasteiger partial charge < -0.3 is 20.3 Å². The molecule has 1 rings (SSSR count). The zero-order valence-corrected chi connectivity index (χ0v) is 9.58. The van der Waals surface area contributed by atoms with Crippen LogP contribution in [-0.2, 0) is 4.74 Å². The Bertz CT molecular complexity index is 191. The second-order valence-corrected chi connectivity index (χ2v) is 3.95. The minimum Gasteiger partial charge on any atom is -0.376 e. The molecule has 0 aromatic rings. The van der Waals surface area contributed by atoms with E-state index in [1.807, 2.05) is 0 Å². The molecule has 1 heterocycles. The van der Waals surface area contributed by atoms with Gasteiger partial charge in [0.1, 0.15) is 0 Å². The quantitative estimate of drug-likeness (QED) is 0.650. The molecule has 0 spiro atoms. The van der Waals surface area contributed by atoms with E-state index in [0.717, 1.165) is 25.9 Å². The molecule has 5 heteroatoms. The van der Waals surface area contributed by atoms with Crippen LogP contribution in [0.25, 0.3) is 0 Å². The Morgan fingerprint density at radius 3 is 2.73 bits per heavy atom. The van der Waals surface area contributed by atoms with Crippen molar-refractivity contribution < 1.29 is 9.53 Å². The van der Waals surface area contributed by atoms with Gasteiger partial charge in [-0.05, 0) is 25.9 Å². The van der Waals surface area contributed by atoms with Crippen molar-refractivity contribution in [1.29, 1.82) is 0 Å². The Kier molecular flexibility index (Phi) is 5.42. The molecule has 0 unspecified atom stereocenters. The molecular formula is C10H21N3O2. The molecule has 0 radical (unpaired) electrons. The largest absolute Gasteiger partial charge is 0.376 e. The summed E-state index contributed by atoms with van der Waals surface area (Å²) in [6.07, 6.45) is 2.51.